The lowest BCUT2D eigenvalue weighted by atomic mass is 10.2. The lowest BCUT2D eigenvalue weighted by molar-refractivity contribution is 0.956. The number of fused-ring (bicyclic) bond motifs is 1. The monoisotopic (exact) mass is 452 g/mol. The van der Waals surface area contributed by atoms with Crippen LogP contribution in [0.5, 0.6) is 0 Å². The van der Waals surface area contributed by atoms with E-state index >= 15 is 0 Å². The van der Waals surface area contributed by atoms with Crippen LogP contribution < -0.4 is 11.0 Å². The summed E-state index contributed by atoms with van der Waals surface area (Å²) in [4.78, 5) is 17.8. The van der Waals surface area contributed by atoms with Gasteiger partial charge in [0.15, 0.2) is 0 Å². The lowest BCUT2D eigenvalue weighted by Gasteiger charge is -2.12. The standard InChI is InChI=1S/C21H14BrClN4O/c22-15-8-11-19-18(12-15)20(28)27(17-4-2-1-3-5-17)21(25-19)26-24-13-14-6-9-16(23)10-7-14/h1-13H,(H,25,26)/b24-13+. The molecule has 0 saturated heterocycles. The number of nitrogens with zero attached hydrogens (tertiary/aromatic N) is 3. The quantitative estimate of drug-likeness (QED) is 0.339. The Balaban J connectivity index is 1.81. The summed E-state index contributed by atoms with van der Waals surface area (Å²) >= 11 is 9.32. The molecule has 0 aliphatic carbocycles. The largest absolute Gasteiger partial charge is 0.268 e. The van der Waals surface area contributed by atoms with E-state index in [2.05, 4.69) is 31.4 Å². The van der Waals surface area contributed by atoms with Crippen molar-refractivity contribution >= 4 is 50.6 Å². The number of rotatable bonds is 4. The maximum Gasteiger partial charge on any atom is 0.267 e. The molecule has 0 atom stereocenters. The number of aromatic nitrogens is 2. The summed E-state index contributed by atoms with van der Waals surface area (Å²) in [7, 11) is 0. The second-order valence-electron chi connectivity index (χ2n) is 5.99. The summed E-state index contributed by atoms with van der Waals surface area (Å²) < 4.78 is 2.33. The minimum absolute atomic E-state index is 0.179. The fourth-order valence-corrected chi connectivity index (χ4v) is 3.25. The van der Waals surface area contributed by atoms with Crippen LogP contribution in [-0.2, 0) is 0 Å². The van der Waals surface area contributed by atoms with Gasteiger partial charge < -0.3 is 0 Å². The fourth-order valence-electron chi connectivity index (χ4n) is 2.76. The van der Waals surface area contributed by atoms with E-state index in [0.717, 1.165) is 10.0 Å². The van der Waals surface area contributed by atoms with Crippen molar-refractivity contribution < 1.29 is 0 Å². The van der Waals surface area contributed by atoms with Crippen LogP contribution in [0.15, 0.2) is 87.2 Å². The molecule has 0 unspecified atom stereocenters. The van der Waals surface area contributed by atoms with Gasteiger partial charge >= 0.3 is 0 Å². The minimum atomic E-state index is -0.179. The first-order valence-electron chi connectivity index (χ1n) is 8.44. The van der Waals surface area contributed by atoms with Crippen LogP contribution in [-0.4, -0.2) is 15.8 Å². The van der Waals surface area contributed by atoms with Crippen LogP contribution in [0, 0.1) is 0 Å². The van der Waals surface area contributed by atoms with Gasteiger partial charge in [-0.2, -0.15) is 5.10 Å². The van der Waals surface area contributed by atoms with E-state index in [1.165, 1.54) is 4.57 Å². The Morgan fingerprint density at radius 3 is 2.54 bits per heavy atom. The Bertz CT molecular complexity index is 1220. The molecule has 1 N–H and O–H groups in total. The van der Waals surface area contributed by atoms with Crippen LogP contribution in [0.1, 0.15) is 5.56 Å². The Morgan fingerprint density at radius 2 is 1.79 bits per heavy atom. The van der Waals surface area contributed by atoms with Crippen molar-refractivity contribution in [2.24, 2.45) is 5.10 Å². The van der Waals surface area contributed by atoms with Crippen molar-refractivity contribution in [1.29, 1.82) is 0 Å². The third kappa shape index (κ3) is 3.83. The van der Waals surface area contributed by atoms with Gasteiger partial charge in [-0.1, -0.05) is 57.9 Å². The zero-order chi connectivity index (χ0) is 19.5. The molecule has 7 heteroatoms. The molecule has 0 amide bonds. The van der Waals surface area contributed by atoms with E-state index in [0.29, 0.717) is 27.6 Å². The van der Waals surface area contributed by atoms with Gasteiger partial charge in [0.2, 0.25) is 5.95 Å². The summed E-state index contributed by atoms with van der Waals surface area (Å²) in [5.41, 5.74) is 4.88. The highest BCUT2D eigenvalue weighted by Gasteiger charge is 2.12. The second kappa shape index (κ2) is 7.96. The van der Waals surface area contributed by atoms with Crippen LogP contribution in [0.2, 0.25) is 5.02 Å². The highest BCUT2D eigenvalue weighted by Crippen LogP contribution is 2.19. The van der Waals surface area contributed by atoms with E-state index in [-0.39, 0.29) is 5.56 Å². The SMILES string of the molecule is O=c1c2cc(Br)ccc2nc(N/N=C/c2ccc(Cl)cc2)n1-c1ccccc1. The van der Waals surface area contributed by atoms with Gasteiger partial charge in [-0.25, -0.2) is 15.0 Å². The van der Waals surface area contributed by atoms with Crippen molar-refractivity contribution in [3.05, 3.63) is 98.2 Å². The third-order valence-electron chi connectivity index (χ3n) is 4.09. The molecule has 0 spiro atoms. The number of halogens is 2. The summed E-state index contributed by atoms with van der Waals surface area (Å²) in [6.45, 7) is 0. The molecule has 138 valence electrons. The van der Waals surface area contributed by atoms with Crippen LogP contribution >= 0.6 is 27.5 Å². The van der Waals surface area contributed by atoms with Gasteiger partial charge in [0, 0.05) is 9.50 Å². The Hall–Kier alpha value is -2.96. The lowest BCUT2D eigenvalue weighted by Crippen LogP contribution is -2.22. The zero-order valence-electron chi connectivity index (χ0n) is 14.5. The second-order valence-corrected chi connectivity index (χ2v) is 7.35. The number of anilines is 1. The summed E-state index contributed by atoms with van der Waals surface area (Å²) in [5.74, 6) is 0.330. The van der Waals surface area contributed by atoms with Crippen LogP contribution in [0.25, 0.3) is 16.6 Å². The molecular formula is C21H14BrClN4O. The summed E-state index contributed by atoms with van der Waals surface area (Å²) in [5, 5.41) is 5.42. The van der Waals surface area contributed by atoms with Crippen LogP contribution in [0.3, 0.4) is 0 Å². The summed E-state index contributed by atoms with van der Waals surface area (Å²) in [6.07, 6.45) is 1.64. The van der Waals surface area contributed by atoms with Crippen molar-refractivity contribution in [2.45, 2.75) is 0 Å². The highest BCUT2D eigenvalue weighted by atomic mass is 79.9. The van der Waals surface area contributed by atoms with Gasteiger partial charge in [0.05, 0.1) is 22.8 Å². The molecule has 1 aromatic heterocycles. The topological polar surface area (TPSA) is 59.3 Å². The molecule has 0 aliphatic rings. The normalized spacial score (nSPS) is 11.2. The maximum absolute atomic E-state index is 13.2. The molecule has 0 radical (unpaired) electrons. The van der Waals surface area contributed by atoms with Gasteiger partial charge in [-0.3, -0.25) is 4.79 Å². The minimum Gasteiger partial charge on any atom is -0.268 e. The van der Waals surface area contributed by atoms with Crippen molar-refractivity contribution in [3.63, 3.8) is 0 Å². The first-order valence-corrected chi connectivity index (χ1v) is 9.61. The number of hydrogen-bond acceptors (Lipinski definition) is 4. The molecule has 0 saturated carbocycles. The van der Waals surface area contributed by atoms with E-state index in [4.69, 9.17) is 11.6 Å². The number of hydrazone groups is 1. The van der Waals surface area contributed by atoms with Crippen LogP contribution in [0.4, 0.5) is 5.95 Å². The molecule has 1 heterocycles. The van der Waals surface area contributed by atoms with E-state index in [9.17, 15) is 4.79 Å². The first-order chi connectivity index (χ1) is 13.6. The average molecular weight is 454 g/mol. The first kappa shape index (κ1) is 18.4. The third-order valence-corrected chi connectivity index (χ3v) is 4.84. The average Bonchev–Trinajstić information content (AvgIpc) is 2.71. The van der Waals surface area contributed by atoms with Crippen molar-refractivity contribution in [3.8, 4) is 5.69 Å². The number of nitrogens with one attached hydrogen (secondary N) is 1. The predicted molar refractivity (Wildman–Crippen MR) is 118 cm³/mol. The Kier molecular flexibility index (Phi) is 5.23. The molecule has 3 aromatic carbocycles. The maximum atomic E-state index is 13.2. The van der Waals surface area contributed by atoms with Gasteiger partial charge in [0.1, 0.15) is 0 Å². The summed E-state index contributed by atoms with van der Waals surface area (Å²) in [6, 6.07) is 22.0. The number of para-hydroxylation sites is 1. The smallest absolute Gasteiger partial charge is 0.267 e. The molecule has 4 rings (SSSR count). The molecule has 0 fully saturated rings. The van der Waals surface area contributed by atoms with E-state index in [1.54, 1.807) is 30.5 Å². The number of benzene rings is 3. The highest BCUT2D eigenvalue weighted by molar-refractivity contribution is 9.10. The number of hydrogen-bond donors (Lipinski definition) is 1. The predicted octanol–water partition coefficient (Wildman–Crippen LogP) is 5.25. The molecule has 5 nitrogen and oxygen atoms in total. The van der Waals surface area contributed by atoms with Crippen molar-refractivity contribution in [1.82, 2.24) is 9.55 Å². The van der Waals surface area contributed by atoms with Gasteiger partial charge in [0.25, 0.3) is 5.56 Å². The molecule has 0 bridgehead atoms. The van der Waals surface area contributed by atoms with Gasteiger partial charge in [-0.15, -0.1) is 0 Å². The van der Waals surface area contributed by atoms with Crippen molar-refractivity contribution in [2.75, 3.05) is 5.43 Å². The fraction of sp³-hybridized carbons (Fsp3) is 0. The van der Waals surface area contributed by atoms with E-state index < -0.39 is 0 Å². The van der Waals surface area contributed by atoms with E-state index in [1.807, 2.05) is 48.5 Å². The zero-order valence-corrected chi connectivity index (χ0v) is 16.9. The molecule has 0 aliphatic heterocycles. The van der Waals surface area contributed by atoms with Gasteiger partial charge in [-0.05, 0) is 48.0 Å². The molecule has 4 aromatic rings. The Labute approximate surface area is 174 Å². The Morgan fingerprint density at radius 1 is 1.04 bits per heavy atom. The molecule has 28 heavy (non-hydrogen) atoms. The molecular weight excluding hydrogens is 440 g/mol.